The number of anilines is 2. The fraction of sp³-hybridized carbons (Fsp3) is 0.269. The predicted molar refractivity (Wildman–Crippen MR) is 124 cm³/mol. The Labute approximate surface area is 183 Å². The van der Waals surface area contributed by atoms with Gasteiger partial charge in [-0.25, -0.2) is 0 Å². The van der Waals surface area contributed by atoms with E-state index in [-0.39, 0.29) is 12.5 Å². The Hall–Kier alpha value is -3.47. The van der Waals surface area contributed by atoms with E-state index in [1.165, 1.54) is 24.9 Å². The standard InChI is InChI=1S/C26H28N2O3/c29-26(27-22-9-11-23(12-10-22)28-17-5-2-6-18-28)20-31-25-15-13-24(14-16-25)30-19-21-7-3-1-4-8-21/h1,3-4,7-16H,2,5-6,17-20H2,(H,27,29). The van der Waals surface area contributed by atoms with E-state index in [1.807, 2.05) is 54.6 Å². The average molecular weight is 417 g/mol. The Kier molecular flexibility index (Phi) is 7.06. The molecule has 1 aliphatic heterocycles. The van der Waals surface area contributed by atoms with Crippen LogP contribution in [-0.2, 0) is 11.4 Å². The Morgan fingerprint density at radius 1 is 0.774 bits per heavy atom. The number of piperidine rings is 1. The van der Waals surface area contributed by atoms with E-state index >= 15 is 0 Å². The summed E-state index contributed by atoms with van der Waals surface area (Å²) in [6.45, 7) is 2.68. The van der Waals surface area contributed by atoms with Crippen LogP contribution in [0.15, 0.2) is 78.9 Å². The molecule has 5 heteroatoms. The van der Waals surface area contributed by atoms with Gasteiger partial charge in [-0.15, -0.1) is 0 Å². The highest BCUT2D eigenvalue weighted by molar-refractivity contribution is 5.92. The van der Waals surface area contributed by atoms with Crippen molar-refractivity contribution in [2.45, 2.75) is 25.9 Å². The number of amides is 1. The lowest BCUT2D eigenvalue weighted by molar-refractivity contribution is -0.118. The van der Waals surface area contributed by atoms with E-state index in [2.05, 4.69) is 22.3 Å². The molecule has 1 aliphatic rings. The second-order valence-corrected chi connectivity index (χ2v) is 7.68. The second-order valence-electron chi connectivity index (χ2n) is 7.68. The lowest BCUT2D eigenvalue weighted by atomic mass is 10.1. The van der Waals surface area contributed by atoms with Crippen LogP contribution in [0.5, 0.6) is 11.5 Å². The third kappa shape index (κ3) is 6.25. The topological polar surface area (TPSA) is 50.8 Å². The van der Waals surface area contributed by atoms with E-state index in [0.717, 1.165) is 30.1 Å². The van der Waals surface area contributed by atoms with Gasteiger partial charge in [-0.2, -0.15) is 0 Å². The zero-order valence-electron chi connectivity index (χ0n) is 17.6. The third-order valence-corrected chi connectivity index (χ3v) is 5.31. The molecule has 3 aromatic rings. The molecule has 0 aliphatic carbocycles. The van der Waals surface area contributed by atoms with Gasteiger partial charge in [-0.05, 0) is 73.4 Å². The average Bonchev–Trinajstić information content (AvgIpc) is 2.84. The highest BCUT2D eigenvalue weighted by atomic mass is 16.5. The molecule has 0 unspecified atom stereocenters. The van der Waals surface area contributed by atoms with Crippen molar-refractivity contribution in [3.63, 3.8) is 0 Å². The van der Waals surface area contributed by atoms with Gasteiger partial charge in [0.1, 0.15) is 18.1 Å². The SMILES string of the molecule is O=C(COc1ccc(OCc2ccccc2)cc1)Nc1ccc(N2CCCCC2)cc1. The van der Waals surface area contributed by atoms with Crippen LogP contribution in [0.2, 0.25) is 0 Å². The fourth-order valence-corrected chi connectivity index (χ4v) is 3.63. The Morgan fingerprint density at radius 2 is 1.42 bits per heavy atom. The molecule has 4 rings (SSSR count). The molecule has 1 heterocycles. The smallest absolute Gasteiger partial charge is 0.262 e. The zero-order chi connectivity index (χ0) is 21.3. The van der Waals surface area contributed by atoms with Gasteiger partial charge in [0.15, 0.2) is 6.61 Å². The van der Waals surface area contributed by atoms with Crippen LogP contribution in [0.25, 0.3) is 0 Å². The Balaban J connectivity index is 1.21. The van der Waals surface area contributed by atoms with Crippen molar-refractivity contribution in [1.82, 2.24) is 0 Å². The summed E-state index contributed by atoms with van der Waals surface area (Å²) in [6.07, 6.45) is 3.81. The highest BCUT2D eigenvalue weighted by Crippen LogP contribution is 2.22. The molecular formula is C26H28N2O3. The van der Waals surface area contributed by atoms with Crippen molar-refractivity contribution in [2.24, 2.45) is 0 Å². The van der Waals surface area contributed by atoms with Crippen molar-refractivity contribution >= 4 is 17.3 Å². The van der Waals surface area contributed by atoms with Gasteiger partial charge < -0.3 is 19.7 Å². The lowest BCUT2D eigenvalue weighted by Crippen LogP contribution is -2.29. The van der Waals surface area contributed by atoms with Crippen molar-refractivity contribution < 1.29 is 14.3 Å². The Morgan fingerprint density at radius 3 is 2.10 bits per heavy atom. The third-order valence-electron chi connectivity index (χ3n) is 5.31. The van der Waals surface area contributed by atoms with Crippen LogP contribution >= 0.6 is 0 Å². The molecule has 0 radical (unpaired) electrons. The Bertz CT molecular complexity index is 950. The zero-order valence-corrected chi connectivity index (χ0v) is 17.6. The van der Waals surface area contributed by atoms with Crippen LogP contribution < -0.4 is 19.7 Å². The predicted octanol–water partition coefficient (Wildman–Crippen LogP) is 5.27. The number of benzene rings is 3. The molecule has 0 bridgehead atoms. The molecule has 1 N–H and O–H groups in total. The number of rotatable bonds is 8. The first kappa shape index (κ1) is 20.8. The largest absolute Gasteiger partial charge is 0.489 e. The number of nitrogens with one attached hydrogen (secondary N) is 1. The summed E-state index contributed by atoms with van der Waals surface area (Å²) >= 11 is 0. The second kappa shape index (κ2) is 10.5. The number of carbonyl (C=O) groups is 1. The summed E-state index contributed by atoms with van der Waals surface area (Å²) in [4.78, 5) is 14.6. The number of nitrogens with zero attached hydrogens (tertiary/aromatic N) is 1. The minimum absolute atomic E-state index is 0.0436. The maximum atomic E-state index is 12.2. The molecule has 0 spiro atoms. The van der Waals surface area contributed by atoms with E-state index in [1.54, 1.807) is 12.1 Å². The first-order chi connectivity index (χ1) is 15.3. The molecule has 0 atom stereocenters. The summed E-state index contributed by atoms with van der Waals surface area (Å²) in [7, 11) is 0. The minimum atomic E-state index is -0.185. The summed E-state index contributed by atoms with van der Waals surface area (Å²) < 4.78 is 11.4. The van der Waals surface area contributed by atoms with Crippen LogP contribution in [0.1, 0.15) is 24.8 Å². The van der Waals surface area contributed by atoms with Crippen molar-refractivity contribution in [3.8, 4) is 11.5 Å². The van der Waals surface area contributed by atoms with Gasteiger partial charge in [-0.3, -0.25) is 4.79 Å². The van der Waals surface area contributed by atoms with Gasteiger partial charge in [0.25, 0.3) is 5.91 Å². The first-order valence-electron chi connectivity index (χ1n) is 10.8. The maximum absolute atomic E-state index is 12.2. The molecule has 5 nitrogen and oxygen atoms in total. The van der Waals surface area contributed by atoms with Crippen LogP contribution in [0.3, 0.4) is 0 Å². The molecule has 1 saturated heterocycles. The number of ether oxygens (including phenoxy) is 2. The highest BCUT2D eigenvalue weighted by Gasteiger charge is 2.11. The van der Waals surface area contributed by atoms with E-state index in [9.17, 15) is 4.79 Å². The van der Waals surface area contributed by atoms with Crippen molar-refractivity contribution in [2.75, 3.05) is 29.9 Å². The quantitative estimate of drug-likeness (QED) is 0.543. The molecule has 0 saturated carbocycles. The summed E-state index contributed by atoms with van der Waals surface area (Å²) in [5.74, 6) is 1.20. The molecule has 3 aromatic carbocycles. The van der Waals surface area contributed by atoms with Crippen LogP contribution in [0.4, 0.5) is 11.4 Å². The van der Waals surface area contributed by atoms with Gasteiger partial charge in [0, 0.05) is 24.5 Å². The van der Waals surface area contributed by atoms with Crippen molar-refractivity contribution in [1.29, 1.82) is 0 Å². The van der Waals surface area contributed by atoms with Crippen LogP contribution in [-0.4, -0.2) is 25.6 Å². The maximum Gasteiger partial charge on any atom is 0.262 e. The number of hydrogen-bond acceptors (Lipinski definition) is 4. The van der Waals surface area contributed by atoms with Gasteiger partial charge in [-0.1, -0.05) is 30.3 Å². The molecular weight excluding hydrogens is 388 g/mol. The summed E-state index contributed by atoms with van der Waals surface area (Å²) in [5.41, 5.74) is 3.10. The molecule has 1 fully saturated rings. The lowest BCUT2D eigenvalue weighted by Gasteiger charge is -2.28. The normalized spacial score (nSPS) is 13.5. The fourth-order valence-electron chi connectivity index (χ4n) is 3.63. The minimum Gasteiger partial charge on any atom is -0.489 e. The van der Waals surface area contributed by atoms with E-state index < -0.39 is 0 Å². The van der Waals surface area contributed by atoms with E-state index in [4.69, 9.17) is 9.47 Å². The summed E-state index contributed by atoms with van der Waals surface area (Å²) in [6, 6.07) is 25.3. The summed E-state index contributed by atoms with van der Waals surface area (Å²) in [5, 5.41) is 2.89. The van der Waals surface area contributed by atoms with Crippen LogP contribution in [0, 0.1) is 0 Å². The van der Waals surface area contributed by atoms with Gasteiger partial charge in [0.2, 0.25) is 0 Å². The van der Waals surface area contributed by atoms with E-state index in [0.29, 0.717) is 12.4 Å². The van der Waals surface area contributed by atoms with Crippen molar-refractivity contribution in [3.05, 3.63) is 84.4 Å². The molecule has 31 heavy (non-hydrogen) atoms. The van der Waals surface area contributed by atoms with Gasteiger partial charge >= 0.3 is 0 Å². The number of hydrogen-bond donors (Lipinski definition) is 1. The monoisotopic (exact) mass is 416 g/mol. The molecule has 160 valence electrons. The molecule has 0 aromatic heterocycles. The van der Waals surface area contributed by atoms with Gasteiger partial charge in [0.05, 0.1) is 0 Å². The first-order valence-corrected chi connectivity index (χ1v) is 10.8. The molecule has 1 amide bonds. The number of carbonyl (C=O) groups excluding carboxylic acids is 1.